The van der Waals surface area contributed by atoms with E-state index in [1.165, 1.54) is 49.8 Å². The van der Waals surface area contributed by atoms with E-state index >= 15 is 0 Å². The summed E-state index contributed by atoms with van der Waals surface area (Å²) in [6.07, 6.45) is 3.94. The van der Waals surface area contributed by atoms with Gasteiger partial charge in [-0.1, -0.05) is 12.1 Å². The number of hydrogen-bond acceptors (Lipinski definition) is 8. The van der Waals surface area contributed by atoms with Crippen LogP contribution in [0.2, 0.25) is 0 Å². The smallest absolute Gasteiger partial charge is 0.237 e. The molecule has 0 saturated carbocycles. The maximum atomic E-state index is 13.3. The van der Waals surface area contributed by atoms with E-state index in [1.54, 1.807) is 6.07 Å². The normalized spacial score (nSPS) is 17.3. The molecule has 1 aliphatic heterocycles. The maximum absolute atomic E-state index is 13.3. The molecule has 0 radical (unpaired) electrons. The van der Waals surface area contributed by atoms with Crippen LogP contribution < -0.4 is 9.46 Å². The van der Waals surface area contributed by atoms with Crippen molar-refractivity contribution in [1.29, 1.82) is 0 Å². The van der Waals surface area contributed by atoms with E-state index in [9.17, 15) is 25.3 Å². The number of nitrogens with one attached hydrogen (secondary N) is 1. The Labute approximate surface area is 175 Å². The Kier molecular flexibility index (Phi) is 6.32. The van der Waals surface area contributed by atoms with Crippen LogP contribution in [0.1, 0.15) is 10.8 Å². The van der Waals surface area contributed by atoms with Crippen LogP contribution in [-0.4, -0.2) is 55.4 Å². The summed E-state index contributed by atoms with van der Waals surface area (Å²) < 4.78 is 82.0. The van der Waals surface area contributed by atoms with Crippen molar-refractivity contribution in [2.75, 3.05) is 25.2 Å². The maximum Gasteiger partial charge on any atom is 0.237 e. The third kappa shape index (κ3) is 4.89. The van der Waals surface area contributed by atoms with Crippen molar-refractivity contribution in [3.8, 4) is 5.75 Å². The van der Waals surface area contributed by atoms with Crippen LogP contribution in [-0.2, 0) is 29.7 Å². The van der Waals surface area contributed by atoms with Gasteiger partial charge < -0.3 is 4.74 Å². The fourth-order valence-corrected chi connectivity index (χ4v) is 7.94. The highest BCUT2D eigenvalue weighted by Crippen LogP contribution is 2.30. The lowest BCUT2D eigenvalue weighted by Crippen LogP contribution is -2.33. The zero-order valence-electron chi connectivity index (χ0n) is 15.9. The van der Waals surface area contributed by atoms with Gasteiger partial charge in [0.05, 0.1) is 28.4 Å². The van der Waals surface area contributed by atoms with Crippen LogP contribution in [0, 0.1) is 0 Å². The van der Waals surface area contributed by atoms with Gasteiger partial charge in [0.25, 0.3) is 0 Å². The first-order chi connectivity index (χ1) is 14.0. The standard InChI is InChI=1S/C18H20N2O7S3/c1-27-15-4-6-16(7-5-15)29(23,24)18(14-3-2-9-19-11-14)12-20-30(25,26)17-8-10-28(21,22)13-17/h2-9,11,18,20H,10,12-13H2,1H3. The van der Waals surface area contributed by atoms with Crippen LogP contribution in [0.15, 0.2) is 64.7 Å². The molecule has 0 bridgehead atoms. The molecule has 2 aromatic rings. The Morgan fingerprint density at radius 1 is 1.13 bits per heavy atom. The van der Waals surface area contributed by atoms with Gasteiger partial charge in [-0.05, 0) is 35.9 Å². The average Bonchev–Trinajstić information content (AvgIpc) is 3.09. The number of sulfonamides is 1. The molecule has 0 saturated heterocycles. The van der Waals surface area contributed by atoms with Gasteiger partial charge >= 0.3 is 0 Å². The lowest BCUT2D eigenvalue weighted by molar-refractivity contribution is 0.414. The zero-order valence-corrected chi connectivity index (χ0v) is 18.4. The van der Waals surface area contributed by atoms with E-state index in [0.29, 0.717) is 11.3 Å². The molecule has 2 heterocycles. The van der Waals surface area contributed by atoms with Crippen LogP contribution in [0.3, 0.4) is 0 Å². The predicted octanol–water partition coefficient (Wildman–Crippen LogP) is 0.837. The Bertz CT molecular complexity index is 1250. The van der Waals surface area contributed by atoms with Crippen LogP contribution in [0.5, 0.6) is 5.75 Å². The van der Waals surface area contributed by atoms with Crippen LogP contribution in [0.25, 0.3) is 0 Å². The second-order valence-corrected chi connectivity index (χ2v) is 12.6. The van der Waals surface area contributed by atoms with Gasteiger partial charge in [-0.15, -0.1) is 0 Å². The predicted molar refractivity (Wildman–Crippen MR) is 111 cm³/mol. The summed E-state index contributed by atoms with van der Waals surface area (Å²) in [5.41, 5.74) is 0.295. The Morgan fingerprint density at radius 2 is 1.83 bits per heavy atom. The third-order valence-corrected chi connectivity index (χ3v) is 9.82. The van der Waals surface area contributed by atoms with Gasteiger partial charge in [-0.25, -0.2) is 30.0 Å². The molecular weight excluding hydrogens is 452 g/mol. The largest absolute Gasteiger partial charge is 0.497 e. The number of aromatic nitrogens is 1. The molecule has 30 heavy (non-hydrogen) atoms. The number of rotatable bonds is 8. The first-order valence-corrected chi connectivity index (χ1v) is 13.6. The van der Waals surface area contributed by atoms with Crippen molar-refractivity contribution < 1.29 is 30.0 Å². The van der Waals surface area contributed by atoms with Gasteiger partial charge in [0, 0.05) is 18.9 Å². The molecule has 1 aliphatic rings. The summed E-state index contributed by atoms with van der Waals surface area (Å²) in [6, 6.07) is 8.81. The van der Waals surface area contributed by atoms with Crippen molar-refractivity contribution in [2.45, 2.75) is 10.1 Å². The minimum atomic E-state index is -4.16. The van der Waals surface area contributed by atoms with Gasteiger partial charge in [0.15, 0.2) is 19.7 Å². The highest BCUT2D eigenvalue weighted by atomic mass is 32.2. The fourth-order valence-electron chi connectivity index (χ4n) is 2.92. The van der Waals surface area contributed by atoms with Crippen molar-refractivity contribution in [2.24, 2.45) is 0 Å². The molecule has 1 N–H and O–H groups in total. The molecule has 162 valence electrons. The molecule has 0 spiro atoms. The summed E-state index contributed by atoms with van der Waals surface area (Å²) in [4.78, 5) is 3.63. The highest BCUT2D eigenvalue weighted by Gasteiger charge is 2.33. The number of ether oxygens (including phenoxy) is 1. The van der Waals surface area contributed by atoms with E-state index < -0.39 is 47.2 Å². The molecule has 1 aromatic heterocycles. The molecule has 3 rings (SSSR count). The molecule has 0 fully saturated rings. The summed E-state index contributed by atoms with van der Waals surface area (Å²) in [7, 11) is -10.2. The summed E-state index contributed by atoms with van der Waals surface area (Å²) in [5.74, 6) is -0.494. The Morgan fingerprint density at radius 3 is 2.37 bits per heavy atom. The number of hydrogen-bond donors (Lipinski definition) is 1. The van der Waals surface area contributed by atoms with E-state index in [4.69, 9.17) is 4.74 Å². The lowest BCUT2D eigenvalue weighted by Gasteiger charge is -2.19. The quantitative estimate of drug-likeness (QED) is 0.597. The molecular formula is C18H20N2O7S3. The van der Waals surface area contributed by atoms with Gasteiger partial charge in [-0.2, -0.15) is 0 Å². The second-order valence-electron chi connectivity index (χ2n) is 6.57. The van der Waals surface area contributed by atoms with Gasteiger partial charge in [-0.3, -0.25) is 4.98 Å². The minimum absolute atomic E-state index is 0.0148. The molecule has 1 aromatic carbocycles. The SMILES string of the molecule is COc1ccc(S(=O)(=O)C(CNS(=O)(=O)C2=CCS(=O)(=O)C2)c2cccnc2)cc1. The van der Waals surface area contributed by atoms with Gasteiger partial charge in [0.1, 0.15) is 11.0 Å². The number of benzene rings is 1. The van der Waals surface area contributed by atoms with E-state index in [1.807, 2.05) is 0 Å². The summed E-state index contributed by atoms with van der Waals surface area (Å²) in [6.45, 7) is -0.486. The molecule has 12 heteroatoms. The first-order valence-electron chi connectivity index (χ1n) is 8.72. The number of sulfone groups is 2. The van der Waals surface area contributed by atoms with Crippen molar-refractivity contribution in [3.63, 3.8) is 0 Å². The van der Waals surface area contributed by atoms with Crippen molar-refractivity contribution in [1.82, 2.24) is 9.71 Å². The lowest BCUT2D eigenvalue weighted by atomic mass is 10.2. The number of pyridine rings is 1. The summed E-state index contributed by atoms with van der Waals surface area (Å²) >= 11 is 0. The summed E-state index contributed by atoms with van der Waals surface area (Å²) in [5, 5.41) is -1.27. The number of methoxy groups -OCH3 is 1. The van der Waals surface area contributed by atoms with E-state index in [-0.39, 0.29) is 15.6 Å². The van der Waals surface area contributed by atoms with E-state index in [0.717, 1.165) is 6.08 Å². The van der Waals surface area contributed by atoms with Crippen LogP contribution >= 0.6 is 0 Å². The molecule has 0 amide bonds. The topological polar surface area (TPSA) is 137 Å². The van der Waals surface area contributed by atoms with E-state index in [2.05, 4.69) is 9.71 Å². The minimum Gasteiger partial charge on any atom is -0.497 e. The van der Waals surface area contributed by atoms with Crippen molar-refractivity contribution in [3.05, 3.63) is 65.3 Å². The molecule has 1 unspecified atom stereocenters. The van der Waals surface area contributed by atoms with Gasteiger partial charge in [0.2, 0.25) is 10.0 Å². The second kappa shape index (κ2) is 8.46. The zero-order chi connectivity index (χ0) is 22.0. The fraction of sp³-hybridized carbons (Fsp3) is 0.278. The Hall–Kier alpha value is -2.28. The number of nitrogens with zero attached hydrogens (tertiary/aromatic N) is 1. The average molecular weight is 473 g/mol. The monoisotopic (exact) mass is 472 g/mol. The third-order valence-electron chi connectivity index (χ3n) is 4.55. The first kappa shape index (κ1) is 22.4. The molecule has 0 aliphatic carbocycles. The Balaban J connectivity index is 1.92. The van der Waals surface area contributed by atoms with Crippen molar-refractivity contribution >= 4 is 29.7 Å². The highest BCUT2D eigenvalue weighted by molar-refractivity contribution is 7.97. The molecule has 1 atom stereocenters. The molecule has 9 nitrogen and oxygen atoms in total. The van der Waals surface area contributed by atoms with Crippen LogP contribution in [0.4, 0.5) is 0 Å².